The number of anilines is 1. The molecule has 0 aliphatic carbocycles. The number of rotatable bonds is 12. The molecule has 1 aromatic heterocycles. The Morgan fingerprint density at radius 1 is 1.06 bits per heavy atom. The van der Waals surface area contributed by atoms with E-state index >= 15 is 0 Å². The van der Waals surface area contributed by atoms with Gasteiger partial charge in [0.15, 0.2) is 0 Å². The molecule has 190 valence electrons. The largest absolute Gasteiger partial charge is 0.357 e. The number of nitrogens with one attached hydrogen (secondary N) is 3. The number of hydrogen-bond acceptors (Lipinski definition) is 6. The Kier molecular flexibility index (Phi) is 9.34. The second-order valence-corrected chi connectivity index (χ2v) is 10.1. The summed E-state index contributed by atoms with van der Waals surface area (Å²) in [4.78, 5) is 30.1. The van der Waals surface area contributed by atoms with E-state index in [-0.39, 0.29) is 11.6 Å². The fourth-order valence-corrected chi connectivity index (χ4v) is 4.89. The Labute approximate surface area is 214 Å². The van der Waals surface area contributed by atoms with E-state index in [1.807, 2.05) is 47.4 Å². The number of carbonyl (C=O) groups excluding carboxylic acids is 2. The lowest BCUT2D eigenvalue weighted by atomic mass is 10.0. The van der Waals surface area contributed by atoms with Crippen molar-refractivity contribution in [1.29, 1.82) is 0 Å². The van der Waals surface area contributed by atoms with Gasteiger partial charge in [0.2, 0.25) is 11.8 Å². The van der Waals surface area contributed by atoms with Crippen LogP contribution in [-0.4, -0.2) is 35.8 Å². The Balaban J connectivity index is 1.83. The Morgan fingerprint density at radius 3 is 2.31 bits per heavy atom. The smallest absolute Gasteiger partial charge is 0.345 e. The maximum atomic E-state index is 13.4. The normalized spacial score (nSPS) is 12.8. The Hall–Kier alpha value is -3.54. The standard InChI is InChI=1S/C25H28N4O5S2/c1-3-19-16-35-25(26-19)22(15-18-10-12-20(13-11-18)29-36(32,33)34)28-24(31)21(27-23(30)4-2)14-17-8-6-5-7-9-17/h4-13,16,21-22,29H,2-3,14-15H2,1H3,(H,27,30)(H,28,31)(H,32,33,34)/t21-,22-/m0/s1. The number of thiazole rings is 1. The quantitative estimate of drug-likeness (QED) is 0.210. The highest BCUT2D eigenvalue weighted by Gasteiger charge is 2.25. The first-order valence-corrected chi connectivity index (χ1v) is 13.5. The van der Waals surface area contributed by atoms with Crippen LogP contribution in [0.2, 0.25) is 0 Å². The molecule has 2 atom stereocenters. The molecule has 0 radical (unpaired) electrons. The average molecular weight is 529 g/mol. The molecule has 3 rings (SSSR count). The van der Waals surface area contributed by atoms with Crippen molar-refractivity contribution < 1.29 is 22.6 Å². The SMILES string of the molecule is C=CC(=O)N[C@@H](Cc1ccccc1)C(=O)N[C@@H](Cc1ccc(NS(=O)(=O)O)cc1)c1nc(CC)cs1. The van der Waals surface area contributed by atoms with Crippen molar-refractivity contribution in [3.05, 3.63) is 94.5 Å². The zero-order valence-corrected chi connectivity index (χ0v) is 21.3. The highest BCUT2D eigenvalue weighted by Crippen LogP contribution is 2.24. The van der Waals surface area contributed by atoms with Crippen LogP contribution in [0, 0.1) is 0 Å². The predicted molar refractivity (Wildman–Crippen MR) is 140 cm³/mol. The van der Waals surface area contributed by atoms with Crippen LogP contribution in [0.5, 0.6) is 0 Å². The fraction of sp³-hybridized carbons (Fsp3) is 0.240. The van der Waals surface area contributed by atoms with Crippen molar-refractivity contribution in [1.82, 2.24) is 15.6 Å². The molecule has 0 aliphatic heterocycles. The van der Waals surface area contributed by atoms with Crippen LogP contribution in [0.3, 0.4) is 0 Å². The third-order valence-corrected chi connectivity index (χ3v) is 6.79. The fourth-order valence-electron chi connectivity index (χ4n) is 3.50. The van der Waals surface area contributed by atoms with Gasteiger partial charge < -0.3 is 10.6 Å². The van der Waals surface area contributed by atoms with Gasteiger partial charge in [-0.3, -0.25) is 18.9 Å². The molecule has 0 unspecified atom stereocenters. The molecule has 11 heteroatoms. The Morgan fingerprint density at radius 2 is 1.72 bits per heavy atom. The lowest BCUT2D eigenvalue weighted by Gasteiger charge is -2.22. The lowest BCUT2D eigenvalue weighted by Crippen LogP contribution is -2.48. The second-order valence-electron chi connectivity index (χ2n) is 8.03. The zero-order chi connectivity index (χ0) is 26.1. The summed E-state index contributed by atoms with van der Waals surface area (Å²) in [5.41, 5.74) is 2.81. The summed E-state index contributed by atoms with van der Waals surface area (Å²) in [6.45, 7) is 5.47. The molecule has 2 aromatic carbocycles. The van der Waals surface area contributed by atoms with Crippen molar-refractivity contribution in [3.63, 3.8) is 0 Å². The van der Waals surface area contributed by atoms with Crippen molar-refractivity contribution in [2.45, 2.75) is 38.3 Å². The highest BCUT2D eigenvalue weighted by molar-refractivity contribution is 7.87. The number of nitrogens with zero attached hydrogens (tertiary/aromatic N) is 1. The Bertz CT molecular complexity index is 1290. The third kappa shape index (κ3) is 8.29. The van der Waals surface area contributed by atoms with Crippen molar-refractivity contribution >= 4 is 39.1 Å². The van der Waals surface area contributed by atoms with Crippen LogP contribution in [0.25, 0.3) is 0 Å². The summed E-state index contributed by atoms with van der Waals surface area (Å²) < 4.78 is 33.1. The average Bonchev–Trinajstić information content (AvgIpc) is 3.33. The predicted octanol–water partition coefficient (Wildman–Crippen LogP) is 3.23. The lowest BCUT2D eigenvalue weighted by molar-refractivity contribution is -0.127. The van der Waals surface area contributed by atoms with Gasteiger partial charge in [-0.25, -0.2) is 4.98 Å². The summed E-state index contributed by atoms with van der Waals surface area (Å²) in [6.07, 6.45) is 2.55. The molecule has 0 spiro atoms. The van der Waals surface area contributed by atoms with E-state index in [0.717, 1.165) is 29.3 Å². The van der Waals surface area contributed by atoms with Crippen LogP contribution < -0.4 is 15.4 Å². The van der Waals surface area contributed by atoms with Crippen LogP contribution in [-0.2, 0) is 39.2 Å². The number of hydrogen-bond donors (Lipinski definition) is 4. The number of benzene rings is 2. The molecule has 0 fully saturated rings. The first-order chi connectivity index (χ1) is 17.2. The summed E-state index contributed by atoms with van der Waals surface area (Å²) in [6, 6.07) is 14.5. The van der Waals surface area contributed by atoms with Gasteiger partial charge in [-0.05, 0) is 42.2 Å². The van der Waals surface area contributed by atoms with Gasteiger partial charge in [-0.1, -0.05) is 56.0 Å². The molecule has 2 amide bonds. The second kappa shape index (κ2) is 12.4. The maximum absolute atomic E-state index is 13.4. The van der Waals surface area contributed by atoms with Gasteiger partial charge >= 0.3 is 10.3 Å². The number of carbonyl (C=O) groups is 2. The number of amides is 2. The first kappa shape index (κ1) is 27.1. The zero-order valence-electron chi connectivity index (χ0n) is 19.7. The first-order valence-electron chi connectivity index (χ1n) is 11.2. The summed E-state index contributed by atoms with van der Waals surface area (Å²) in [5, 5.41) is 8.39. The molecule has 0 aliphatic rings. The van der Waals surface area contributed by atoms with E-state index in [1.54, 1.807) is 12.1 Å². The van der Waals surface area contributed by atoms with Gasteiger partial charge in [-0.15, -0.1) is 11.3 Å². The van der Waals surface area contributed by atoms with Crippen molar-refractivity contribution in [3.8, 4) is 0 Å². The van der Waals surface area contributed by atoms with E-state index in [9.17, 15) is 18.0 Å². The molecule has 0 saturated heterocycles. The van der Waals surface area contributed by atoms with Gasteiger partial charge in [0.25, 0.3) is 0 Å². The molecular formula is C25H28N4O5S2. The number of aromatic nitrogens is 1. The third-order valence-electron chi connectivity index (χ3n) is 5.29. The van der Waals surface area contributed by atoms with E-state index in [1.165, 1.54) is 23.5 Å². The molecule has 4 N–H and O–H groups in total. The molecular weight excluding hydrogens is 500 g/mol. The van der Waals surface area contributed by atoms with Crippen LogP contribution in [0.4, 0.5) is 5.69 Å². The van der Waals surface area contributed by atoms with Gasteiger partial charge in [-0.2, -0.15) is 8.42 Å². The van der Waals surface area contributed by atoms with Crippen LogP contribution in [0.15, 0.2) is 72.6 Å². The summed E-state index contributed by atoms with van der Waals surface area (Å²) >= 11 is 1.43. The minimum Gasteiger partial charge on any atom is -0.345 e. The number of aryl methyl sites for hydroxylation is 1. The van der Waals surface area contributed by atoms with E-state index < -0.39 is 28.3 Å². The molecule has 0 bridgehead atoms. The minimum absolute atomic E-state index is 0.208. The molecule has 36 heavy (non-hydrogen) atoms. The maximum Gasteiger partial charge on any atom is 0.357 e. The molecule has 0 saturated carbocycles. The molecule has 1 heterocycles. The van der Waals surface area contributed by atoms with Gasteiger partial charge in [0, 0.05) is 11.8 Å². The van der Waals surface area contributed by atoms with E-state index in [0.29, 0.717) is 17.8 Å². The van der Waals surface area contributed by atoms with E-state index in [2.05, 4.69) is 22.2 Å². The molecule has 9 nitrogen and oxygen atoms in total. The van der Waals surface area contributed by atoms with Crippen LogP contribution in [0.1, 0.15) is 34.8 Å². The van der Waals surface area contributed by atoms with Crippen LogP contribution >= 0.6 is 11.3 Å². The monoisotopic (exact) mass is 528 g/mol. The van der Waals surface area contributed by atoms with Crippen molar-refractivity contribution in [2.75, 3.05) is 4.72 Å². The van der Waals surface area contributed by atoms with E-state index in [4.69, 9.17) is 4.55 Å². The topological polar surface area (TPSA) is 137 Å². The minimum atomic E-state index is -4.38. The van der Waals surface area contributed by atoms with Crippen molar-refractivity contribution in [2.24, 2.45) is 0 Å². The highest BCUT2D eigenvalue weighted by atomic mass is 32.2. The molecule has 3 aromatic rings. The summed E-state index contributed by atoms with van der Waals surface area (Å²) in [5.74, 6) is -0.816. The van der Waals surface area contributed by atoms with Gasteiger partial charge in [0.1, 0.15) is 11.0 Å². The van der Waals surface area contributed by atoms with Gasteiger partial charge in [0.05, 0.1) is 17.4 Å². The summed E-state index contributed by atoms with van der Waals surface area (Å²) in [7, 11) is -4.38.